The van der Waals surface area contributed by atoms with Gasteiger partial charge in [-0.15, -0.1) is 20.4 Å². The van der Waals surface area contributed by atoms with Gasteiger partial charge in [0.25, 0.3) is 0 Å². The van der Waals surface area contributed by atoms with Gasteiger partial charge < -0.3 is 39.0 Å². The Morgan fingerprint density at radius 1 is 0.842 bits per heavy atom. The van der Waals surface area contributed by atoms with Crippen molar-refractivity contribution in [1.29, 1.82) is 0 Å². The number of allylic oxidation sites excluding steroid dienone is 4. The first-order valence-corrected chi connectivity index (χ1v) is 18.4. The van der Waals surface area contributed by atoms with E-state index < -0.39 is 108 Å². The Hall–Kier alpha value is -0.561. The number of halogens is 2. The van der Waals surface area contributed by atoms with Crippen LogP contribution in [-0.4, -0.2) is 71.5 Å². The molecule has 1 aliphatic rings. The maximum Gasteiger partial charge on any atom is 1.00 e. The molecule has 1 heterocycles. The summed E-state index contributed by atoms with van der Waals surface area (Å²) < 4.78 is 111. The Labute approximate surface area is 433 Å². The van der Waals surface area contributed by atoms with Crippen molar-refractivity contribution < 1.29 is 194 Å². The predicted molar refractivity (Wildman–Crippen MR) is 170 cm³/mol. The fourth-order valence-corrected chi connectivity index (χ4v) is 5.62. The van der Waals surface area contributed by atoms with Crippen LogP contribution in [0.5, 0.6) is 11.8 Å². The van der Waals surface area contributed by atoms with E-state index in [0.29, 0.717) is 30.4 Å². The van der Waals surface area contributed by atoms with Gasteiger partial charge in [-0.3, -0.25) is 0 Å². The number of benzene rings is 2. The molecule has 57 heavy (non-hydrogen) atoms. The van der Waals surface area contributed by atoms with Crippen LogP contribution >= 0.6 is 23.2 Å². The quantitative estimate of drug-likeness (QED) is 0.0375. The minimum absolute atomic E-state index is 0. The molecule has 0 saturated heterocycles. The fourth-order valence-electron chi connectivity index (χ4n) is 3.75. The van der Waals surface area contributed by atoms with Crippen molar-refractivity contribution in [3.05, 3.63) is 80.9 Å². The number of amidine groups is 1. The monoisotopic (exact) mass is 969 g/mol. The summed E-state index contributed by atoms with van der Waals surface area (Å²) in [6.45, 7) is 3.27. The van der Waals surface area contributed by atoms with Gasteiger partial charge in [0, 0.05) is 28.3 Å². The second kappa shape index (κ2) is 24.2. The molecule has 1 aromatic heterocycles. The van der Waals surface area contributed by atoms with Crippen molar-refractivity contribution in [2.45, 2.75) is 29.7 Å². The first kappa shape index (κ1) is 58.5. The van der Waals surface area contributed by atoms with Crippen LogP contribution in [0, 0.1) is 0 Å². The Bertz CT molecular complexity index is 2510. The maximum absolute atomic E-state index is 13.4. The second-order valence-electron chi connectivity index (χ2n) is 10.0. The first-order chi connectivity index (χ1) is 24.0. The van der Waals surface area contributed by atoms with E-state index in [0.717, 1.165) is 18.2 Å². The molecular weight excluding hydrogens is 955 g/mol. The van der Waals surface area contributed by atoms with E-state index in [4.69, 9.17) is 27.9 Å². The van der Waals surface area contributed by atoms with E-state index in [-0.39, 0.29) is 146 Å². The molecular formula is C26H16Cl2CuN8Na4O13S3-2. The normalized spacial score (nSPS) is 13.7. The number of aromatic nitrogens is 3. The molecule has 0 atom stereocenters. The summed E-state index contributed by atoms with van der Waals surface area (Å²) in [5, 5.41) is 53.0. The van der Waals surface area contributed by atoms with Gasteiger partial charge in [-0.2, -0.15) is 20.9 Å². The van der Waals surface area contributed by atoms with Crippen LogP contribution in [0.1, 0.15) is 19.4 Å². The zero-order valence-electron chi connectivity index (χ0n) is 29.9. The number of anilines is 2. The molecule has 0 spiro atoms. The van der Waals surface area contributed by atoms with Crippen LogP contribution in [0.25, 0.3) is 0 Å². The third kappa shape index (κ3) is 16.7. The molecule has 0 bridgehead atoms. The molecule has 1 N–H and O–H groups in total. The minimum Gasteiger partial charge on any atom is -0.883 e. The molecule has 0 amide bonds. The van der Waals surface area contributed by atoms with Crippen molar-refractivity contribution in [1.82, 2.24) is 15.0 Å². The molecule has 3 aromatic rings. The van der Waals surface area contributed by atoms with Gasteiger partial charge >= 0.3 is 124 Å². The summed E-state index contributed by atoms with van der Waals surface area (Å²) in [7, 11) is -15.6. The maximum atomic E-state index is 13.4. The van der Waals surface area contributed by atoms with Crippen molar-refractivity contribution in [3.8, 4) is 11.8 Å². The van der Waals surface area contributed by atoms with Crippen molar-refractivity contribution in [3.63, 3.8) is 0 Å². The van der Waals surface area contributed by atoms with Gasteiger partial charge in [-0.1, -0.05) is 17.4 Å². The summed E-state index contributed by atoms with van der Waals surface area (Å²) >= 11 is 12.1. The third-order valence-corrected chi connectivity index (χ3v) is 8.93. The average molecular weight is 971 g/mol. The number of hydrogen-bond donors (Lipinski definition) is 1. The Morgan fingerprint density at radius 3 is 2.00 bits per heavy atom. The van der Waals surface area contributed by atoms with E-state index in [1.54, 1.807) is 13.8 Å². The van der Waals surface area contributed by atoms with Crippen LogP contribution in [0.3, 0.4) is 0 Å². The van der Waals surface area contributed by atoms with Crippen molar-refractivity contribution in [2.24, 2.45) is 20.4 Å². The Balaban J connectivity index is 0. The van der Waals surface area contributed by atoms with E-state index in [9.17, 15) is 54.2 Å². The van der Waals surface area contributed by atoms with Gasteiger partial charge in [-0.25, -0.2) is 25.3 Å². The van der Waals surface area contributed by atoms with Gasteiger partial charge in [0.2, 0.25) is 17.1 Å². The Kier molecular flexibility index (Phi) is 24.8. The summed E-state index contributed by atoms with van der Waals surface area (Å²) in [6.07, 6.45) is 1.38. The topological polar surface area (TPSA) is 350 Å². The summed E-state index contributed by atoms with van der Waals surface area (Å²) in [5.41, 5.74) is -3.72. The fraction of sp³-hybridized carbons (Fsp3) is 0.115. The van der Waals surface area contributed by atoms with E-state index in [1.165, 1.54) is 0 Å². The van der Waals surface area contributed by atoms with Gasteiger partial charge in [0.05, 0.1) is 37.2 Å². The van der Waals surface area contributed by atoms with Gasteiger partial charge in [0.1, 0.15) is 30.4 Å². The number of ether oxygens (including phenoxy) is 1. The van der Waals surface area contributed by atoms with E-state index in [1.807, 2.05) is 0 Å². The first-order valence-electron chi connectivity index (χ1n) is 13.5. The number of hydrogen-bond acceptors (Lipinski definition) is 20. The summed E-state index contributed by atoms with van der Waals surface area (Å²) in [6, 6.07) is 3.18. The third-order valence-electron chi connectivity index (χ3n) is 5.96. The molecule has 0 fully saturated rings. The predicted octanol–water partition coefficient (Wildman–Crippen LogP) is -11.6. The van der Waals surface area contributed by atoms with Gasteiger partial charge in [-0.05, 0) is 79.6 Å². The van der Waals surface area contributed by atoms with Crippen LogP contribution in [0.4, 0.5) is 17.3 Å². The minimum atomic E-state index is -5.31. The summed E-state index contributed by atoms with van der Waals surface area (Å²) in [4.78, 5) is 8.50. The molecule has 0 aliphatic heterocycles. The molecule has 1 radical (unpaired) electrons. The number of rotatable bonds is 10. The number of nitrogens with one attached hydrogen (secondary N) is 1. The van der Waals surface area contributed by atoms with E-state index in [2.05, 4.69) is 40.7 Å². The molecule has 0 unspecified atom stereocenters. The molecule has 0 saturated carbocycles. The second-order valence-corrected chi connectivity index (χ2v) is 14.9. The van der Waals surface area contributed by atoms with Crippen molar-refractivity contribution in [2.75, 3.05) is 5.32 Å². The smallest absolute Gasteiger partial charge is 0.883 e. The molecule has 1 aliphatic carbocycles. The van der Waals surface area contributed by atoms with Gasteiger partial charge in [0.15, 0.2) is 0 Å². The van der Waals surface area contributed by atoms with Crippen LogP contribution < -0.4 is 144 Å². The number of azo groups is 1. The molecule has 2 aromatic carbocycles. The van der Waals surface area contributed by atoms with Crippen LogP contribution in [-0.2, 0) is 47.4 Å². The average Bonchev–Trinajstić information content (AvgIpc) is 3.00. The molecule has 287 valence electrons. The SMILES string of the molecule is CC(C)Oc1nc(Cl)nc(Nc2cc(S(=O)(=O)[O-])cc(N=NC(=NN=C3C=CC(S(=O)(=O)[O-])=CC3=C([O-])[O-])c3cc(S(=O)(=O)[O-])ccc3Cl)c2[O-])n1.[Cu].[Na+].[Na+].[Na+].[Na+]. The standard InChI is InChI=1S/C26H22Cl2N8O13S3.Cu.4Na/c1-11(2)49-26-31-24(28)30-25(32-26)29-19-9-14(52(46,47)48)10-20(21(19)37)34-36-22(15-7-12(50(40,41)42)3-5-17(15)27)35-33-18-6-4-13(51(43,44)45)8-16(18)23(38)39;;;;;/h3-11,37-39H,1-2H3,(H,40,41,42)(H,43,44,45)(H,46,47,48)(H,29,30,31,32);;;;;/q;;4*+1/p-6. The van der Waals surface area contributed by atoms with Crippen molar-refractivity contribution >= 4 is 82.4 Å². The zero-order chi connectivity index (χ0) is 38.8. The summed E-state index contributed by atoms with van der Waals surface area (Å²) in [5.74, 6) is -4.50. The molecule has 4 rings (SSSR count). The molecule has 21 nitrogen and oxygen atoms in total. The Morgan fingerprint density at radius 2 is 1.46 bits per heavy atom. The van der Waals surface area contributed by atoms with Crippen LogP contribution in [0.2, 0.25) is 10.3 Å². The molecule has 31 heteroatoms. The largest absolute Gasteiger partial charge is 1.00 e. The van der Waals surface area contributed by atoms with E-state index >= 15 is 0 Å². The number of nitrogens with zero attached hydrogens (tertiary/aromatic N) is 7. The van der Waals surface area contributed by atoms with Crippen LogP contribution in [0.15, 0.2) is 95.2 Å². The zero-order valence-corrected chi connectivity index (χ0v) is 42.8.